The third kappa shape index (κ3) is 5.07. The third-order valence-electron chi connectivity index (χ3n) is 3.31. The first-order chi connectivity index (χ1) is 10.2. The van der Waals surface area contributed by atoms with Gasteiger partial charge in [0.15, 0.2) is 0 Å². The molecule has 0 aliphatic heterocycles. The fraction of sp³-hybridized carbons (Fsp3) is 0.263. The first-order valence-corrected chi connectivity index (χ1v) is 7.19. The molecule has 2 heteroatoms. The summed E-state index contributed by atoms with van der Waals surface area (Å²) >= 11 is 0. The highest BCUT2D eigenvalue weighted by Gasteiger charge is 2.02. The summed E-state index contributed by atoms with van der Waals surface area (Å²) in [4.78, 5) is 2.31. The van der Waals surface area contributed by atoms with Gasteiger partial charge in [-0.3, -0.25) is 4.90 Å². The Morgan fingerprint density at radius 1 is 0.905 bits per heavy atom. The molecule has 0 heterocycles. The predicted molar refractivity (Wildman–Crippen MR) is 88.7 cm³/mol. The second kappa shape index (κ2) is 7.64. The van der Waals surface area contributed by atoms with Crippen LogP contribution in [0.3, 0.4) is 0 Å². The van der Waals surface area contributed by atoms with Crippen LogP contribution in [0.15, 0.2) is 48.5 Å². The fourth-order valence-corrected chi connectivity index (χ4v) is 2.22. The van der Waals surface area contributed by atoms with Crippen molar-refractivity contribution in [2.45, 2.75) is 20.0 Å². The highest BCUT2D eigenvalue weighted by molar-refractivity contribution is 5.36. The van der Waals surface area contributed by atoms with Crippen molar-refractivity contribution in [1.29, 1.82) is 0 Å². The molecule has 0 unspecified atom stereocenters. The zero-order chi connectivity index (χ0) is 15.1. The molecule has 0 aliphatic carbocycles. The number of hydrogen-bond acceptors (Lipinski definition) is 2. The number of benzene rings is 2. The lowest BCUT2D eigenvalue weighted by molar-refractivity contribution is 0.319. The van der Waals surface area contributed by atoms with Gasteiger partial charge < -0.3 is 5.73 Å². The Morgan fingerprint density at radius 2 is 1.43 bits per heavy atom. The number of nitrogens with two attached hydrogens (primary N) is 1. The smallest absolute Gasteiger partial charge is 0.0555 e. The molecule has 0 amide bonds. The van der Waals surface area contributed by atoms with Crippen molar-refractivity contribution in [3.8, 4) is 11.8 Å². The van der Waals surface area contributed by atoms with Gasteiger partial charge >= 0.3 is 0 Å². The maximum atomic E-state index is 5.37. The van der Waals surface area contributed by atoms with E-state index < -0.39 is 0 Å². The molecular formula is C19H22N2. The highest BCUT2D eigenvalue weighted by atomic mass is 15.1. The van der Waals surface area contributed by atoms with Crippen LogP contribution < -0.4 is 5.73 Å². The van der Waals surface area contributed by atoms with Crippen molar-refractivity contribution in [3.05, 3.63) is 70.8 Å². The molecule has 0 fully saturated rings. The van der Waals surface area contributed by atoms with Crippen molar-refractivity contribution >= 4 is 0 Å². The van der Waals surface area contributed by atoms with Crippen LogP contribution in [0.4, 0.5) is 0 Å². The number of rotatable bonds is 4. The average molecular weight is 278 g/mol. The molecular weight excluding hydrogens is 256 g/mol. The molecule has 0 saturated carbocycles. The quantitative estimate of drug-likeness (QED) is 0.871. The van der Waals surface area contributed by atoms with Crippen LogP contribution in [0.1, 0.15) is 22.3 Å². The van der Waals surface area contributed by atoms with Crippen LogP contribution in [0, 0.1) is 18.8 Å². The SMILES string of the molecule is Cc1ccc(CN(C)Cc2ccc(C#CCN)cc2)cc1. The Balaban J connectivity index is 1.93. The average Bonchev–Trinajstić information content (AvgIpc) is 2.49. The van der Waals surface area contributed by atoms with Crippen LogP contribution in [-0.2, 0) is 13.1 Å². The van der Waals surface area contributed by atoms with Crippen molar-refractivity contribution in [2.75, 3.05) is 13.6 Å². The second-order valence-corrected chi connectivity index (χ2v) is 5.36. The zero-order valence-electron chi connectivity index (χ0n) is 12.8. The molecule has 2 rings (SSSR count). The largest absolute Gasteiger partial charge is 0.320 e. The maximum Gasteiger partial charge on any atom is 0.0555 e. The molecule has 2 aromatic carbocycles. The molecule has 2 N–H and O–H groups in total. The highest BCUT2D eigenvalue weighted by Crippen LogP contribution is 2.10. The first kappa shape index (κ1) is 15.3. The number of aryl methyl sites for hydroxylation is 1. The minimum absolute atomic E-state index is 0.404. The van der Waals surface area contributed by atoms with Gasteiger partial charge in [0.1, 0.15) is 0 Å². The summed E-state index contributed by atoms with van der Waals surface area (Å²) in [5.74, 6) is 5.91. The van der Waals surface area contributed by atoms with Gasteiger partial charge in [-0.25, -0.2) is 0 Å². The van der Waals surface area contributed by atoms with E-state index in [0.29, 0.717) is 6.54 Å². The number of hydrogen-bond donors (Lipinski definition) is 1. The summed E-state index contributed by atoms with van der Waals surface area (Å²) in [5, 5.41) is 0. The lowest BCUT2D eigenvalue weighted by Crippen LogP contribution is -2.17. The molecule has 0 bridgehead atoms. The minimum Gasteiger partial charge on any atom is -0.320 e. The number of nitrogens with zero attached hydrogens (tertiary/aromatic N) is 1. The molecule has 0 aromatic heterocycles. The van der Waals surface area contributed by atoms with E-state index in [1.54, 1.807) is 0 Å². The molecule has 0 spiro atoms. The van der Waals surface area contributed by atoms with E-state index in [-0.39, 0.29) is 0 Å². The summed E-state index contributed by atoms with van der Waals surface area (Å²) < 4.78 is 0. The van der Waals surface area contributed by atoms with Gasteiger partial charge in [-0.15, -0.1) is 0 Å². The van der Waals surface area contributed by atoms with Gasteiger partial charge in [0.2, 0.25) is 0 Å². The van der Waals surface area contributed by atoms with E-state index in [9.17, 15) is 0 Å². The Labute approximate surface area is 127 Å². The summed E-state index contributed by atoms with van der Waals surface area (Å²) in [6, 6.07) is 17.1. The Morgan fingerprint density at radius 3 is 1.95 bits per heavy atom. The van der Waals surface area contributed by atoms with E-state index in [0.717, 1.165) is 18.7 Å². The van der Waals surface area contributed by atoms with Crippen molar-refractivity contribution in [3.63, 3.8) is 0 Å². The van der Waals surface area contributed by atoms with Crippen molar-refractivity contribution < 1.29 is 0 Å². The van der Waals surface area contributed by atoms with Gasteiger partial charge in [-0.1, -0.05) is 53.8 Å². The molecule has 0 radical (unpaired) electrons. The van der Waals surface area contributed by atoms with E-state index in [1.165, 1.54) is 16.7 Å². The Kier molecular flexibility index (Phi) is 5.57. The summed E-state index contributed by atoms with van der Waals surface area (Å²) in [6.07, 6.45) is 0. The van der Waals surface area contributed by atoms with E-state index >= 15 is 0 Å². The lowest BCUT2D eigenvalue weighted by Gasteiger charge is -2.17. The van der Waals surface area contributed by atoms with E-state index in [2.05, 4.69) is 79.2 Å². The van der Waals surface area contributed by atoms with Crippen molar-refractivity contribution in [1.82, 2.24) is 4.90 Å². The second-order valence-electron chi connectivity index (χ2n) is 5.36. The van der Waals surface area contributed by atoms with Crippen LogP contribution in [0.5, 0.6) is 0 Å². The van der Waals surface area contributed by atoms with Gasteiger partial charge in [-0.2, -0.15) is 0 Å². The van der Waals surface area contributed by atoms with Crippen LogP contribution >= 0.6 is 0 Å². The van der Waals surface area contributed by atoms with Crippen LogP contribution in [-0.4, -0.2) is 18.5 Å². The summed E-state index contributed by atoms with van der Waals surface area (Å²) in [5.41, 5.74) is 10.3. The third-order valence-corrected chi connectivity index (χ3v) is 3.31. The van der Waals surface area contributed by atoms with E-state index in [4.69, 9.17) is 5.73 Å². The molecule has 0 saturated heterocycles. The normalized spacial score (nSPS) is 10.3. The molecule has 2 nitrogen and oxygen atoms in total. The van der Waals surface area contributed by atoms with E-state index in [1.807, 2.05) is 0 Å². The predicted octanol–water partition coefficient (Wildman–Crippen LogP) is 2.94. The van der Waals surface area contributed by atoms with Crippen LogP contribution in [0.25, 0.3) is 0 Å². The van der Waals surface area contributed by atoms with Crippen molar-refractivity contribution in [2.24, 2.45) is 5.73 Å². The summed E-state index contributed by atoms with van der Waals surface area (Å²) in [7, 11) is 2.14. The minimum atomic E-state index is 0.404. The summed E-state index contributed by atoms with van der Waals surface area (Å²) in [6.45, 7) is 4.40. The molecule has 0 aliphatic rings. The van der Waals surface area contributed by atoms with Gasteiger partial charge in [0.25, 0.3) is 0 Å². The monoisotopic (exact) mass is 278 g/mol. The Hall–Kier alpha value is -2.08. The Bertz CT molecular complexity index is 615. The maximum absolute atomic E-state index is 5.37. The molecule has 0 atom stereocenters. The fourth-order valence-electron chi connectivity index (χ4n) is 2.22. The topological polar surface area (TPSA) is 29.3 Å². The molecule has 108 valence electrons. The molecule has 21 heavy (non-hydrogen) atoms. The van der Waals surface area contributed by atoms with Gasteiger partial charge in [-0.05, 0) is 37.2 Å². The van der Waals surface area contributed by atoms with Crippen LogP contribution in [0.2, 0.25) is 0 Å². The van der Waals surface area contributed by atoms with Gasteiger partial charge in [0, 0.05) is 18.7 Å². The zero-order valence-corrected chi connectivity index (χ0v) is 12.8. The first-order valence-electron chi connectivity index (χ1n) is 7.19. The van der Waals surface area contributed by atoms with Gasteiger partial charge in [0.05, 0.1) is 6.54 Å². The standard InChI is InChI=1S/C19H22N2/c1-16-5-7-18(8-6-16)14-21(2)15-19-11-9-17(10-12-19)4-3-13-20/h5-12H,13-15,20H2,1-2H3. The molecule has 2 aromatic rings. The lowest BCUT2D eigenvalue weighted by atomic mass is 10.1.